The van der Waals surface area contributed by atoms with Crippen LogP contribution in [0.15, 0.2) is 46.9 Å². The zero-order valence-corrected chi connectivity index (χ0v) is 11.4. The van der Waals surface area contributed by atoms with Crippen LogP contribution in [0.3, 0.4) is 0 Å². The van der Waals surface area contributed by atoms with Crippen LogP contribution in [-0.4, -0.2) is 4.98 Å². The predicted molar refractivity (Wildman–Crippen MR) is 76.9 cm³/mol. The van der Waals surface area contributed by atoms with Gasteiger partial charge < -0.3 is 4.42 Å². The summed E-state index contributed by atoms with van der Waals surface area (Å²) in [5.74, 6) is 0.684. The van der Waals surface area contributed by atoms with E-state index in [1.54, 1.807) is 0 Å². The number of benzene rings is 2. The Labute approximate surface area is 113 Å². The SMILES string of the molecule is Cc1ccc2nc(-c3cccc(I)c3)oc2c1. The lowest BCUT2D eigenvalue weighted by Crippen LogP contribution is -1.77. The van der Waals surface area contributed by atoms with Gasteiger partial charge in [-0.2, -0.15) is 0 Å². The number of hydrogen-bond donors (Lipinski definition) is 0. The van der Waals surface area contributed by atoms with Gasteiger partial charge in [-0.1, -0.05) is 12.1 Å². The first-order chi connectivity index (χ1) is 8.22. The van der Waals surface area contributed by atoms with Crippen LogP contribution in [0.25, 0.3) is 22.6 Å². The second kappa shape index (κ2) is 4.14. The van der Waals surface area contributed by atoms with E-state index in [4.69, 9.17) is 4.42 Å². The van der Waals surface area contributed by atoms with Crippen LogP contribution in [0.1, 0.15) is 5.56 Å². The summed E-state index contributed by atoms with van der Waals surface area (Å²) in [5, 5.41) is 0. The molecule has 1 heterocycles. The van der Waals surface area contributed by atoms with E-state index in [1.165, 1.54) is 9.13 Å². The second-order valence-corrected chi connectivity index (χ2v) is 5.25. The topological polar surface area (TPSA) is 26.0 Å². The summed E-state index contributed by atoms with van der Waals surface area (Å²) in [6.45, 7) is 2.05. The molecule has 0 atom stereocenters. The highest BCUT2D eigenvalue weighted by molar-refractivity contribution is 14.1. The van der Waals surface area contributed by atoms with Crippen molar-refractivity contribution < 1.29 is 4.42 Å². The fourth-order valence-electron chi connectivity index (χ4n) is 1.78. The number of rotatable bonds is 1. The van der Waals surface area contributed by atoms with E-state index in [0.29, 0.717) is 5.89 Å². The number of halogens is 1. The van der Waals surface area contributed by atoms with Crippen LogP contribution >= 0.6 is 22.6 Å². The van der Waals surface area contributed by atoms with Crippen molar-refractivity contribution in [1.82, 2.24) is 4.98 Å². The average molecular weight is 335 g/mol. The Morgan fingerprint density at radius 3 is 2.82 bits per heavy atom. The van der Waals surface area contributed by atoms with Gasteiger partial charge in [0.15, 0.2) is 5.58 Å². The molecule has 3 rings (SSSR count). The van der Waals surface area contributed by atoms with Crippen LogP contribution in [-0.2, 0) is 0 Å². The largest absolute Gasteiger partial charge is 0.436 e. The second-order valence-electron chi connectivity index (χ2n) is 4.00. The maximum absolute atomic E-state index is 5.78. The average Bonchev–Trinajstić information content (AvgIpc) is 2.72. The lowest BCUT2D eigenvalue weighted by Gasteiger charge is -1.95. The molecule has 0 aliphatic carbocycles. The molecule has 0 fully saturated rings. The molecule has 0 N–H and O–H groups in total. The van der Waals surface area contributed by atoms with E-state index >= 15 is 0 Å². The smallest absolute Gasteiger partial charge is 0.227 e. The zero-order chi connectivity index (χ0) is 11.8. The molecule has 3 heteroatoms. The molecule has 17 heavy (non-hydrogen) atoms. The lowest BCUT2D eigenvalue weighted by molar-refractivity contribution is 0.619. The van der Waals surface area contributed by atoms with Gasteiger partial charge in [0.05, 0.1) is 0 Å². The molecule has 2 nitrogen and oxygen atoms in total. The third kappa shape index (κ3) is 2.07. The Kier molecular flexibility index (Phi) is 2.63. The molecule has 3 aromatic rings. The Bertz CT molecular complexity index is 688. The number of fused-ring (bicyclic) bond motifs is 1. The Balaban J connectivity index is 2.18. The van der Waals surface area contributed by atoms with E-state index in [2.05, 4.69) is 39.7 Å². The number of oxazole rings is 1. The first-order valence-electron chi connectivity index (χ1n) is 5.35. The van der Waals surface area contributed by atoms with Gasteiger partial charge in [0.1, 0.15) is 5.52 Å². The molecule has 0 saturated carbocycles. The fourth-order valence-corrected chi connectivity index (χ4v) is 2.32. The molecular weight excluding hydrogens is 325 g/mol. The first kappa shape index (κ1) is 10.8. The van der Waals surface area contributed by atoms with Crippen molar-refractivity contribution in [3.63, 3.8) is 0 Å². The van der Waals surface area contributed by atoms with Crippen molar-refractivity contribution in [2.75, 3.05) is 0 Å². The Morgan fingerprint density at radius 1 is 1.12 bits per heavy atom. The van der Waals surface area contributed by atoms with Gasteiger partial charge in [0.25, 0.3) is 0 Å². The molecule has 0 unspecified atom stereocenters. The molecule has 0 aliphatic heterocycles. The quantitative estimate of drug-likeness (QED) is 0.616. The lowest BCUT2D eigenvalue weighted by atomic mass is 10.2. The fraction of sp³-hybridized carbons (Fsp3) is 0.0714. The summed E-state index contributed by atoms with van der Waals surface area (Å²) in [5.41, 5.74) is 3.96. The van der Waals surface area contributed by atoms with E-state index in [9.17, 15) is 0 Å². The number of nitrogens with zero attached hydrogens (tertiary/aromatic N) is 1. The normalized spacial score (nSPS) is 10.9. The summed E-state index contributed by atoms with van der Waals surface area (Å²) in [6, 6.07) is 14.2. The standard InChI is InChI=1S/C14H10INO/c1-9-5-6-12-13(7-9)17-14(16-12)10-3-2-4-11(15)8-10/h2-8H,1H3. The van der Waals surface area contributed by atoms with Crippen molar-refractivity contribution in [1.29, 1.82) is 0 Å². The summed E-state index contributed by atoms with van der Waals surface area (Å²) in [6.07, 6.45) is 0. The van der Waals surface area contributed by atoms with Gasteiger partial charge in [-0.25, -0.2) is 4.98 Å². The maximum atomic E-state index is 5.78. The third-order valence-electron chi connectivity index (χ3n) is 2.62. The number of aryl methyl sites for hydroxylation is 1. The molecule has 1 aromatic heterocycles. The van der Waals surface area contributed by atoms with Crippen molar-refractivity contribution in [2.45, 2.75) is 6.92 Å². The van der Waals surface area contributed by atoms with Gasteiger partial charge in [-0.3, -0.25) is 0 Å². The minimum Gasteiger partial charge on any atom is -0.436 e. The zero-order valence-electron chi connectivity index (χ0n) is 9.27. The van der Waals surface area contributed by atoms with Gasteiger partial charge in [0, 0.05) is 9.13 Å². The molecule has 0 radical (unpaired) electrons. The third-order valence-corrected chi connectivity index (χ3v) is 3.29. The van der Waals surface area contributed by atoms with Crippen LogP contribution < -0.4 is 0 Å². The van der Waals surface area contributed by atoms with Gasteiger partial charge >= 0.3 is 0 Å². The molecule has 84 valence electrons. The number of hydrogen-bond acceptors (Lipinski definition) is 2. The van der Waals surface area contributed by atoms with E-state index in [-0.39, 0.29) is 0 Å². The van der Waals surface area contributed by atoms with Crippen LogP contribution in [0.2, 0.25) is 0 Å². The van der Waals surface area contributed by atoms with Gasteiger partial charge in [-0.15, -0.1) is 0 Å². The Hall–Kier alpha value is -1.36. The molecule has 0 saturated heterocycles. The molecule has 0 amide bonds. The van der Waals surface area contributed by atoms with Crippen molar-refractivity contribution in [2.24, 2.45) is 0 Å². The predicted octanol–water partition coefficient (Wildman–Crippen LogP) is 4.41. The van der Waals surface area contributed by atoms with Crippen LogP contribution in [0.4, 0.5) is 0 Å². The van der Waals surface area contributed by atoms with Crippen molar-refractivity contribution in [3.05, 3.63) is 51.6 Å². The minimum atomic E-state index is 0.684. The summed E-state index contributed by atoms with van der Waals surface area (Å²) >= 11 is 2.29. The molecular formula is C14H10INO. The maximum Gasteiger partial charge on any atom is 0.227 e. The highest BCUT2D eigenvalue weighted by Gasteiger charge is 2.08. The molecule has 0 spiro atoms. The highest BCUT2D eigenvalue weighted by Crippen LogP contribution is 2.25. The number of aromatic nitrogens is 1. The molecule has 0 aliphatic rings. The highest BCUT2D eigenvalue weighted by atomic mass is 127. The van der Waals surface area contributed by atoms with Crippen molar-refractivity contribution in [3.8, 4) is 11.5 Å². The van der Waals surface area contributed by atoms with Crippen molar-refractivity contribution >= 4 is 33.7 Å². The van der Waals surface area contributed by atoms with Crippen LogP contribution in [0, 0.1) is 10.5 Å². The Morgan fingerprint density at radius 2 is 2.00 bits per heavy atom. The van der Waals surface area contributed by atoms with Gasteiger partial charge in [0.2, 0.25) is 5.89 Å². The van der Waals surface area contributed by atoms with E-state index < -0.39 is 0 Å². The molecule has 0 bridgehead atoms. The summed E-state index contributed by atoms with van der Waals surface area (Å²) < 4.78 is 6.95. The summed E-state index contributed by atoms with van der Waals surface area (Å²) in [4.78, 5) is 4.50. The van der Waals surface area contributed by atoms with Crippen LogP contribution in [0.5, 0.6) is 0 Å². The molecule has 2 aromatic carbocycles. The minimum absolute atomic E-state index is 0.684. The van der Waals surface area contributed by atoms with E-state index in [1.807, 2.05) is 37.3 Å². The summed E-state index contributed by atoms with van der Waals surface area (Å²) in [7, 11) is 0. The first-order valence-corrected chi connectivity index (χ1v) is 6.43. The van der Waals surface area contributed by atoms with Gasteiger partial charge in [-0.05, 0) is 65.4 Å². The monoisotopic (exact) mass is 335 g/mol. The van der Waals surface area contributed by atoms with E-state index in [0.717, 1.165) is 16.7 Å².